The minimum Gasteiger partial charge on any atom is -0.464 e. The summed E-state index contributed by atoms with van der Waals surface area (Å²) < 4.78 is 4.99. The summed E-state index contributed by atoms with van der Waals surface area (Å²) in [5.74, 6) is -0.524. The highest BCUT2D eigenvalue weighted by molar-refractivity contribution is 8.00. The van der Waals surface area contributed by atoms with Crippen LogP contribution in [0.2, 0.25) is 0 Å². The predicted molar refractivity (Wildman–Crippen MR) is 83.8 cm³/mol. The molecule has 1 unspecified atom stereocenters. The minimum atomic E-state index is -0.758. The lowest BCUT2D eigenvalue weighted by molar-refractivity contribution is -0.156. The van der Waals surface area contributed by atoms with Gasteiger partial charge in [-0.15, -0.1) is 0 Å². The highest BCUT2D eigenvalue weighted by atomic mass is 32.2. The average Bonchev–Trinajstić information content (AvgIpc) is 2.31. The van der Waals surface area contributed by atoms with Crippen molar-refractivity contribution in [1.82, 2.24) is 10.4 Å². The first-order valence-corrected chi connectivity index (χ1v) is 7.90. The zero-order valence-corrected chi connectivity index (χ0v) is 14.5. The number of thioether (sulfide) groups is 1. The van der Waals surface area contributed by atoms with Crippen LogP contribution in [-0.2, 0) is 19.1 Å². The summed E-state index contributed by atoms with van der Waals surface area (Å²) in [4.78, 5) is 34.9. The minimum absolute atomic E-state index is 0.00430. The maximum atomic E-state index is 12.1. The number of ketones is 1. The van der Waals surface area contributed by atoms with Crippen molar-refractivity contribution in [1.29, 1.82) is 0 Å². The number of hydrazine groups is 1. The quantitative estimate of drug-likeness (QED) is 0.538. The van der Waals surface area contributed by atoms with E-state index in [1.807, 2.05) is 20.8 Å². The molecule has 0 rings (SSSR count). The molecule has 21 heavy (non-hydrogen) atoms. The van der Waals surface area contributed by atoms with Crippen molar-refractivity contribution in [3.8, 4) is 0 Å². The van der Waals surface area contributed by atoms with E-state index >= 15 is 0 Å². The van der Waals surface area contributed by atoms with Crippen LogP contribution < -0.4 is 5.43 Å². The van der Waals surface area contributed by atoms with Crippen molar-refractivity contribution in [2.75, 3.05) is 18.9 Å². The molecule has 0 heterocycles. The fourth-order valence-corrected chi connectivity index (χ4v) is 2.40. The number of rotatable bonds is 8. The van der Waals surface area contributed by atoms with Crippen LogP contribution in [0.15, 0.2) is 0 Å². The number of nitrogens with one attached hydrogen (secondary N) is 1. The first kappa shape index (κ1) is 19.9. The van der Waals surface area contributed by atoms with Crippen LogP contribution in [0.3, 0.4) is 0 Å². The molecule has 122 valence electrons. The molecule has 0 fully saturated rings. The summed E-state index contributed by atoms with van der Waals surface area (Å²) in [5, 5.41) is 1.19. The van der Waals surface area contributed by atoms with Gasteiger partial charge in [0.1, 0.15) is 5.78 Å². The molecule has 0 saturated heterocycles. The maximum absolute atomic E-state index is 12.1. The number of hydrogen-bond acceptors (Lipinski definition) is 6. The second-order valence-electron chi connectivity index (χ2n) is 5.62. The van der Waals surface area contributed by atoms with Gasteiger partial charge in [-0.2, -0.15) is 11.8 Å². The van der Waals surface area contributed by atoms with Gasteiger partial charge in [0.25, 0.3) is 0 Å². The molecular formula is C14H26N2O4S. The van der Waals surface area contributed by atoms with E-state index in [4.69, 9.17) is 4.74 Å². The second kappa shape index (κ2) is 9.04. The Morgan fingerprint density at radius 1 is 1.24 bits per heavy atom. The van der Waals surface area contributed by atoms with Crippen molar-refractivity contribution in [2.45, 2.75) is 52.3 Å². The standard InChI is InChI=1S/C14H26N2O4S/c1-7-20-13(19)12(9-21-14(4,5)6)16(11(3)18)15-8-10(2)17/h12,15H,7-9H2,1-6H3. The highest BCUT2D eigenvalue weighted by Gasteiger charge is 2.31. The third-order valence-corrected chi connectivity index (χ3v) is 3.73. The Labute approximate surface area is 130 Å². The molecule has 0 aliphatic rings. The van der Waals surface area contributed by atoms with Gasteiger partial charge in [0.2, 0.25) is 5.91 Å². The zero-order valence-electron chi connectivity index (χ0n) is 13.7. The molecule has 0 aliphatic carbocycles. The van der Waals surface area contributed by atoms with Gasteiger partial charge in [-0.25, -0.2) is 10.2 Å². The Kier molecular flexibility index (Phi) is 8.58. The summed E-state index contributed by atoms with van der Waals surface area (Å²) in [5.41, 5.74) is 2.71. The zero-order chi connectivity index (χ0) is 16.6. The summed E-state index contributed by atoms with van der Waals surface area (Å²) in [6.07, 6.45) is 0. The van der Waals surface area contributed by atoms with Gasteiger partial charge in [-0.05, 0) is 13.8 Å². The molecule has 1 atom stereocenters. The first-order chi connectivity index (χ1) is 9.58. The summed E-state index contributed by atoms with van der Waals surface area (Å²) in [7, 11) is 0. The number of hydrogen-bond donors (Lipinski definition) is 1. The number of Topliss-reactive ketones (excluding diaryl/α,β-unsaturated/α-hetero) is 1. The van der Waals surface area contributed by atoms with E-state index in [9.17, 15) is 14.4 Å². The molecule has 0 aliphatic heterocycles. The lowest BCUT2D eigenvalue weighted by Gasteiger charge is -2.31. The predicted octanol–water partition coefficient (Wildman–Crippen LogP) is 1.39. The second-order valence-corrected chi connectivity index (χ2v) is 7.46. The van der Waals surface area contributed by atoms with Gasteiger partial charge in [0, 0.05) is 17.4 Å². The van der Waals surface area contributed by atoms with E-state index in [0.717, 1.165) is 0 Å². The van der Waals surface area contributed by atoms with E-state index in [1.54, 1.807) is 18.7 Å². The topological polar surface area (TPSA) is 75.7 Å². The molecule has 0 aromatic rings. The van der Waals surface area contributed by atoms with Gasteiger partial charge in [0.15, 0.2) is 6.04 Å². The summed E-state index contributed by atoms with van der Waals surface area (Å²) in [6, 6.07) is -0.758. The molecule has 6 nitrogen and oxygen atoms in total. The Bertz CT molecular complexity index is 380. The lowest BCUT2D eigenvalue weighted by Crippen LogP contribution is -2.55. The van der Waals surface area contributed by atoms with Gasteiger partial charge >= 0.3 is 5.97 Å². The molecule has 0 bridgehead atoms. The van der Waals surface area contributed by atoms with Crippen LogP contribution in [0.4, 0.5) is 0 Å². The third kappa shape index (κ3) is 8.72. The van der Waals surface area contributed by atoms with Crippen molar-refractivity contribution in [3.05, 3.63) is 0 Å². The van der Waals surface area contributed by atoms with Crippen LogP contribution in [0.1, 0.15) is 41.5 Å². The van der Waals surface area contributed by atoms with Crippen LogP contribution in [0, 0.1) is 0 Å². The summed E-state index contributed by atoms with van der Waals surface area (Å²) in [6.45, 7) is 10.8. The Morgan fingerprint density at radius 3 is 2.19 bits per heavy atom. The number of ether oxygens (including phenoxy) is 1. The molecular weight excluding hydrogens is 292 g/mol. The van der Waals surface area contributed by atoms with Crippen LogP contribution in [0.25, 0.3) is 0 Å². The Balaban J connectivity index is 5.04. The van der Waals surface area contributed by atoms with Crippen molar-refractivity contribution in [2.24, 2.45) is 0 Å². The molecule has 0 radical (unpaired) electrons. The fourth-order valence-electron chi connectivity index (χ4n) is 1.45. The SMILES string of the molecule is CCOC(=O)C(CSC(C)(C)C)N(NCC(C)=O)C(C)=O. The average molecular weight is 318 g/mol. The van der Waals surface area contributed by atoms with E-state index < -0.39 is 12.0 Å². The Hall–Kier alpha value is -1.08. The number of carbonyl (C=O) groups excluding carboxylic acids is 3. The van der Waals surface area contributed by atoms with Crippen molar-refractivity contribution >= 4 is 29.4 Å². The van der Waals surface area contributed by atoms with Crippen molar-refractivity contribution in [3.63, 3.8) is 0 Å². The normalized spacial score (nSPS) is 12.7. The molecule has 0 aromatic heterocycles. The van der Waals surface area contributed by atoms with Crippen molar-refractivity contribution < 1.29 is 19.1 Å². The third-order valence-electron chi connectivity index (χ3n) is 2.38. The van der Waals surface area contributed by atoms with Crippen LogP contribution >= 0.6 is 11.8 Å². The number of carbonyl (C=O) groups is 3. The van der Waals surface area contributed by atoms with Gasteiger partial charge < -0.3 is 4.74 Å². The first-order valence-electron chi connectivity index (χ1n) is 6.91. The number of amides is 1. The van der Waals surface area contributed by atoms with E-state index in [1.165, 1.54) is 18.9 Å². The highest BCUT2D eigenvalue weighted by Crippen LogP contribution is 2.25. The lowest BCUT2D eigenvalue weighted by atomic mass is 10.3. The van der Waals surface area contributed by atoms with Crippen LogP contribution in [0.5, 0.6) is 0 Å². The molecule has 0 spiro atoms. The molecule has 1 N–H and O–H groups in total. The van der Waals surface area contributed by atoms with Gasteiger partial charge in [-0.1, -0.05) is 20.8 Å². The molecule has 0 saturated carbocycles. The monoisotopic (exact) mass is 318 g/mol. The fraction of sp³-hybridized carbons (Fsp3) is 0.786. The molecule has 0 aromatic carbocycles. The molecule has 7 heteroatoms. The van der Waals surface area contributed by atoms with Crippen LogP contribution in [-0.4, -0.2) is 52.4 Å². The smallest absolute Gasteiger partial charge is 0.331 e. The van der Waals surface area contributed by atoms with Gasteiger partial charge in [-0.3, -0.25) is 14.6 Å². The van der Waals surface area contributed by atoms with Gasteiger partial charge in [0.05, 0.1) is 13.2 Å². The molecule has 1 amide bonds. The largest absolute Gasteiger partial charge is 0.464 e. The Morgan fingerprint density at radius 2 is 1.81 bits per heavy atom. The maximum Gasteiger partial charge on any atom is 0.331 e. The number of esters is 1. The van der Waals surface area contributed by atoms with E-state index in [0.29, 0.717) is 5.75 Å². The van der Waals surface area contributed by atoms with E-state index in [-0.39, 0.29) is 29.6 Å². The van der Waals surface area contributed by atoms with E-state index in [2.05, 4.69) is 5.43 Å². The number of nitrogens with zero attached hydrogens (tertiary/aromatic N) is 1. The summed E-state index contributed by atoms with van der Waals surface area (Å²) >= 11 is 1.56.